The number of benzene rings is 1. The molecule has 0 N–H and O–H groups in total. The molecule has 0 radical (unpaired) electrons. The highest BCUT2D eigenvalue weighted by Crippen LogP contribution is 2.40. The first-order chi connectivity index (χ1) is 9.77. The zero-order valence-electron chi connectivity index (χ0n) is 13.4. The van der Waals surface area contributed by atoms with E-state index in [2.05, 4.69) is 27.7 Å². The monoisotopic (exact) mass is 288 g/mol. The summed E-state index contributed by atoms with van der Waals surface area (Å²) >= 11 is 0. The second-order valence-electron chi connectivity index (χ2n) is 7.37. The molecule has 1 aliphatic heterocycles. The van der Waals surface area contributed by atoms with Gasteiger partial charge in [-0.15, -0.1) is 0 Å². The van der Waals surface area contributed by atoms with Crippen LogP contribution in [0.3, 0.4) is 0 Å². The lowest BCUT2D eigenvalue weighted by atomic mass is 9.90. The molecule has 3 nitrogen and oxygen atoms in total. The van der Waals surface area contributed by atoms with E-state index in [9.17, 15) is 4.79 Å². The largest absolute Gasteiger partial charge is 0.487 e. The van der Waals surface area contributed by atoms with Crippen LogP contribution in [0.1, 0.15) is 62.9 Å². The van der Waals surface area contributed by atoms with Crippen molar-refractivity contribution in [3.8, 4) is 5.75 Å². The van der Waals surface area contributed by atoms with Crippen molar-refractivity contribution in [2.45, 2.75) is 70.7 Å². The van der Waals surface area contributed by atoms with Crippen LogP contribution >= 0.6 is 0 Å². The lowest BCUT2D eigenvalue weighted by molar-refractivity contribution is -0.0846. The number of ketones is 1. The van der Waals surface area contributed by atoms with Crippen molar-refractivity contribution < 1.29 is 14.3 Å². The Morgan fingerprint density at radius 3 is 2.62 bits per heavy atom. The van der Waals surface area contributed by atoms with E-state index in [1.54, 1.807) is 0 Å². The molecule has 0 amide bonds. The van der Waals surface area contributed by atoms with Crippen LogP contribution in [0.15, 0.2) is 18.2 Å². The van der Waals surface area contributed by atoms with E-state index >= 15 is 0 Å². The van der Waals surface area contributed by atoms with Crippen LogP contribution in [0.2, 0.25) is 0 Å². The van der Waals surface area contributed by atoms with E-state index in [1.165, 1.54) is 0 Å². The van der Waals surface area contributed by atoms with E-state index in [4.69, 9.17) is 9.47 Å². The third-order valence-electron chi connectivity index (χ3n) is 4.50. The molecule has 1 heterocycles. The Morgan fingerprint density at radius 1 is 1.19 bits per heavy atom. The molecule has 1 fully saturated rings. The summed E-state index contributed by atoms with van der Waals surface area (Å²) in [5.74, 6) is 1.02. The molecule has 1 saturated heterocycles. The summed E-state index contributed by atoms with van der Waals surface area (Å²) < 4.78 is 12.2. The number of aryl methyl sites for hydroxylation is 1. The summed E-state index contributed by atoms with van der Waals surface area (Å²) in [6.45, 7) is 8.31. The lowest BCUT2D eigenvalue weighted by Gasteiger charge is -2.27. The quantitative estimate of drug-likeness (QED) is 0.827. The van der Waals surface area contributed by atoms with Gasteiger partial charge in [-0.3, -0.25) is 4.79 Å². The Kier molecular flexibility index (Phi) is 3.36. The Morgan fingerprint density at radius 2 is 1.95 bits per heavy atom. The van der Waals surface area contributed by atoms with E-state index < -0.39 is 0 Å². The van der Waals surface area contributed by atoms with Crippen LogP contribution in [0.25, 0.3) is 0 Å². The van der Waals surface area contributed by atoms with Gasteiger partial charge < -0.3 is 9.47 Å². The fourth-order valence-electron chi connectivity index (χ4n) is 3.54. The van der Waals surface area contributed by atoms with Gasteiger partial charge >= 0.3 is 0 Å². The minimum absolute atomic E-state index is 0.00393. The van der Waals surface area contributed by atoms with Gasteiger partial charge in [0.15, 0.2) is 5.78 Å². The van der Waals surface area contributed by atoms with Crippen molar-refractivity contribution >= 4 is 5.78 Å². The van der Waals surface area contributed by atoms with Gasteiger partial charge in [-0.1, -0.05) is 6.07 Å². The van der Waals surface area contributed by atoms with E-state index in [0.29, 0.717) is 6.42 Å². The minimum atomic E-state index is -0.316. The summed E-state index contributed by atoms with van der Waals surface area (Å²) in [6.07, 6.45) is 3.46. The molecule has 2 aliphatic rings. The number of hydrogen-bond acceptors (Lipinski definition) is 3. The molecule has 1 aromatic carbocycles. The number of carbonyl (C=O) groups excluding carboxylic acids is 1. The summed E-state index contributed by atoms with van der Waals surface area (Å²) in [6, 6.07) is 5.94. The van der Waals surface area contributed by atoms with Crippen molar-refractivity contribution in [2.75, 3.05) is 0 Å². The first-order valence-electron chi connectivity index (χ1n) is 7.80. The third-order valence-corrected chi connectivity index (χ3v) is 4.50. The molecule has 1 aliphatic carbocycles. The van der Waals surface area contributed by atoms with Gasteiger partial charge in [0.2, 0.25) is 0 Å². The van der Waals surface area contributed by atoms with Crippen molar-refractivity contribution in [3.63, 3.8) is 0 Å². The first kappa shape index (κ1) is 14.6. The average molecular weight is 288 g/mol. The predicted octanol–water partition coefficient (Wildman–Crippen LogP) is 3.93. The molecule has 1 atom stereocenters. The van der Waals surface area contributed by atoms with Crippen LogP contribution < -0.4 is 4.74 Å². The normalized spacial score (nSPS) is 26.5. The number of Topliss-reactive ketones (excluding diaryl/α,β-unsaturated/α-hetero) is 1. The van der Waals surface area contributed by atoms with Crippen LogP contribution in [0, 0.1) is 0 Å². The number of hydrogen-bond donors (Lipinski definition) is 0. The second-order valence-corrected chi connectivity index (χ2v) is 7.37. The van der Waals surface area contributed by atoms with Crippen molar-refractivity contribution in [1.29, 1.82) is 0 Å². The van der Waals surface area contributed by atoms with E-state index in [-0.39, 0.29) is 23.1 Å². The van der Waals surface area contributed by atoms with Gasteiger partial charge in [0.1, 0.15) is 17.5 Å². The van der Waals surface area contributed by atoms with Gasteiger partial charge in [0, 0.05) is 18.4 Å². The van der Waals surface area contributed by atoms with Crippen molar-refractivity contribution in [3.05, 3.63) is 29.3 Å². The molecule has 0 bridgehead atoms. The molecule has 1 unspecified atom stereocenters. The van der Waals surface area contributed by atoms with Gasteiger partial charge in [0.05, 0.1) is 5.60 Å². The number of fused-ring (bicyclic) bond motifs is 1. The van der Waals surface area contributed by atoms with Gasteiger partial charge in [-0.05, 0) is 58.2 Å². The van der Waals surface area contributed by atoms with Gasteiger partial charge in [-0.2, -0.15) is 0 Å². The van der Waals surface area contributed by atoms with E-state index in [1.807, 2.05) is 18.2 Å². The van der Waals surface area contributed by atoms with E-state index in [0.717, 1.165) is 36.1 Å². The van der Waals surface area contributed by atoms with Gasteiger partial charge in [0.25, 0.3) is 0 Å². The maximum absolute atomic E-state index is 12.0. The summed E-state index contributed by atoms with van der Waals surface area (Å²) in [5.41, 5.74) is 1.51. The fourth-order valence-corrected chi connectivity index (χ4v) is 3.54. The molecular weight excluding hydrogens is 264 g/mol. The maximum atomic E-state index is 12.0. The molecule has 21 heavy (non-hydrogen) atoms. The summed E-state index contributed by atoms with van der Waals surface area (Å²) in [7, 11) is 0. The average Bonchev–Trinajstić information content (AvgIpc) is 2.58. The molecular formula is C18H24O3. The lowest BCUT2D eigenvalue weighted by Crippen LogP contribution is -2.36. The van der Waals surface area contributed by atoms with Crippen LogP contribution in [0.5, 0.6) is 5.75 Å². The van der Waals surface area contributed by atoms with Crippen LogP contribution in [-0.2, 0) is 11.2 Å². The highest BCUT2D eigenvalue weighted by Gasteiger charge is 2.47. The fraction of sp³-hybridized carbons (Fsp3) is 0.611. The third kappa shape index (κ3) is 2.84. The second kappa shape index (κ2) is 4.84. The Bertz CT molecular complexity index is 572. The Hall–Kier alpha value is -1.35. The van der Waals surface area contributed by atoms with Crippen molar-refractivity contribution in [2.24, 2.45) is 0 Å². The summed E-state index contributed by atoms with van der Waals surface area (Å²) in [4.78, 5) is 12.0. The summed E-state index contributed by atoms with van der Waals surface area (Å²) in [5, 5.41) is 0. The minimum Gasteiger partial charge on any atom is -0.487 e. The molecule has 3 rings (SSSR count). The molecule has 0 aromatic heterocycles. The molecule has 1 aromatic rings. The van der Waals surface area contributed by atoms with Gasteiger partial charge in [-0.25, -0.2) is 0 Å². The number of carbonyl (C=O) groups is 1. The Labute approximate surface area is 126 Å². The SMILES string of the molecule is CC1(C)CC(Oc2ccc3c(c2)C(=O)CCC3)C(C)(C)O1. The smallest absolute Gasteiger partial charge is 0.163 e. The zero-order valence-corrected chi connectivity index (χ0v) is 13.4. The molecule has 114 valence electrons. The zero-order chi connectivity index (χ0) is 15.3. The Balaban J connectivity index is 1.83. The van der Waals surface area contributed by atoms with Crippen LogP contribution in [-0.4, -0.2) is 23.1 Å². The molecule has 0 spiro atoms. The van der Waals surface area contributed by atoms with Crippen molar-refractivity contribution in [1.82, 2.24) is 0 Å². The highest BCUT2D eigenvalue weighted by atomic mass is 16.6. The number of ether oxygens (including phenoxy) is 2. The number of rotatable bonds is 2. The molecule has 0 saturated carbocycles. The highest BCUT2D eigenvalue weighted by molar-refractivity contribution is 5.98. The standard InChI is InChI=1S/C18H24O3/c1-17(2)11-16(18(3,4)21-17)20-13-9-8-12-6-5-7-15(19)14(12)10-13/h8-10,16H,5-7,11H2,1-4H3. The predicted molar refractivity (Wildman–Crippen MR) is 82.0 cm³/mol. The topological polar surface area (TPSA) is 35.5 Å². The maximum Gasteiger partial charge on any atom is 0.163 e. The van der Waals surface area contributed by atoms with Crippen LogP contribution in [0.4, 0.5) is 0 Å². The molecule has 3 heteroatoms. The first-order valence-corrected chi connectivity index (χ1v) is 7.80.